The molecule has 1 unspecified atom stereocenters. The summed E-state index contributed by atoms with van der Waals surface area (Å²) in [6, 6.07) is 11.6. The Morgan fingerprint density at radius 3 is 2.54 bits per heavy atom. The Balaban J connectivity index is 1.96. The lowest BCUT2D eigenvalue weighted by atomic mass is 10.0. The molecule has 0 radical (unpaired) electrons. The van der Waals surface area contributed by atoms with Gasteiger partial charge in [0.1, 0.15) is 5.82 Å². The first-order chi connectivity index (χ1) is 11.4. The van der Waals surface area contributed by atoms with Crippen LogP contribution in [-0.4, -0.2) is 31.1 Å². The van der Waals surface area contributed by atoms with Crippen LogP contribution in [0.15, 0.2) is 53.4 Å². The van der Waals surface area contributed by atoms with Crippen molar-refractivity contribution in [3.05, 3.63) is 65.5 Å². The van der Waals surface area contributed by atoms with Crippen molar-refractivity contribution < 1.29 is 17.6 Å². The van der Waals surface area contributed by atoms with E-state index in [0.717, 1.165) is 6.07 Å². The van der Waals surface area contributed by atoms with E-state index in [0.29, 0.717) is 30.5 Å². The van der Waals surface area contributed by atoms with Gasteiger partial charge in [-0.05, 0) is 43.5 Å². The van der Waals surface area contributed by atoms with Crippen LogP contribution in [0.5, 0.6) is 0 Å². The van der Waals surface area contributed by atoms with E-state index >= 15 is 0 Å². The van der Waals surface area contributed by atoms with E-state index in [1.54, 1.807) is 31.2 Å². The van der Waals surface area contributed by atoms with Gasteiger partial charge in [0.2, 0.25) is 10.0 Å². The van der Waals surface area contributed by atoms with Gasteiger partial charge in [0.05, 0.1) is 10.9 Å². The van der Waals surface area contributed by atoms with Gasteiger partial charge in [-0.15, -0.1) is 0 Å². The zero-order chi connectivity index (χ0) is 17.3. The molecule has 4 nitrogen and oxygen atoms in total. The van der Waals surface area contributed by atoms with Crippen LogP contribution in [0.2, 0.25) is 0 Å². The number of hydrogen-bond donors (Lipinski definition) is 0. The number of nitrogens with zero attached hydrogens (tertiary/aromatic N) is 1. The van der Waals surface area contributed by atoms with Crippen molar-refractivity contribution in [2.24, 2.45) is 0 Å². The summed E-state index contributed by atoms with van der Waals surface area (Å²) in [6.07, 6.45) is 1.12. The van der Waals surface area contributed by atoms with E-state index in [2.05, 4.69) is 0 Å². The number of halogens is 1. The standard InChI is InChI=1S/C18H18FNO3S/c1-13-12-15(19)9-10-17(13)24(22,23)20-11-5-8-16(20)18(21)14-6-3-2-4-7-14/h2-4,6-7,9-10,12,16H,5,8,11H2,1H3. The van der Waals surface area contributed by atoms with Crippen molar-refractivity contribution in [1.29, 1.82) is 0 Å². The maximum Gasteiger partial charge on any atom is 0.244 e. The van der Waals surface area contributed by atoms with Gasteiger partial charge in [-0.25, -0.2) is 12.8 Å². The van der Waals surface area contributed by atoms with Crippen molar-refractivity contribution in [1.82, 2.24) is 4.31 Å². The van der Waals surface area contributed by atoms with Crippen LogP contribution in [0.25, 0.3) is 0 Å². The van der Waals surface area contributed by atoms with Gasteiger partial charge in [0.25, 0.3) is 0 Å². The number of aryl methyl sites for hydroxylation is 1. The first-order valence-electron chi connectivity index (χ1n) is 7.78. The van der Waals surface area contributed by atoms with E-state index < -0.39 is 21.9 Å². The van der Waals surface area contributed by atoms with Crippen LogP contribution in [0.1, 0.15) is 28.8 Å². The number of hydrogen-bond acceptors (Lipinski definition) is 3. The van der Waals surface area contributed by atoms with Crippen molar-refractivity contribution >= 4 is 15.8 Å². The Morgan fingerprint density at radius 2 is 1.88 bits per heavy atom. The summed E-state index contributed by atoms with van der Waals surface area (Å²) in [5.41, 5.74) is 0.841. The van der Waals surface area contributed by atoms with E-state index in [4.69, 9.17) is 0 Å². The minimum Gasteiger partial charge on any atom is -0.292 e. The SMILES string of the molecule is Cc1cc(F)ccc1S(=O)(=O)N1CCCC1C(=O)c1ccccc1. The zero-order valence-corrected chi connectivity index (χ0v) is 14.1. The summed E-state index contributed by atoms with van der Waals surface area (Å²) >= 11 is 0. The largest absolute Gasteiger partial charge is 0.292 e. The van der Waals surface area contributed by atoms with Crippen LogP contribution >= 0.6 is 0 Å². The first-order valence-corrected chi connectivity index (χ1v) is 9.22. The first kappa shape index (κ1) is 16.8. The molecule has 0 spiro atoms. The molecule has 0 aromatic heterocycles. The van der Waals surface area contributed by atoms with Crippen molar-refractivity contribution in [2.75, 3.05) is 6.54 Å². The molecule has 1 heterocycles. The fourth-order valence-corrected chi connectivity index (χ4v) is 4.98. The number of rotatable bonds is 4. The monoisotopic (exact) mass is 347 g/mol. The highest BCUT2D eigenvalue weighted by atomic mass is 32.2. The molecule has 3 rings (SSSR count). The summed E-state index contributed by atoms with van der Waals surface area (Å²) in [4.78, 5) is 12.8. The number of Topliss-reactive ketones (excluding diaryl/α,β-unsaturated/α-hetero) is 1. The predicted molar refractivity (Wildman–Crippen MR) is 88.8 cm³/mol. The number of carbonyl (C=O) groups excluding carboxylic acids is 1. The van der Waals surface area contributed by atoms with Crippen molar-refractivity contribution in [2.45, 2.75) is 30.7 Å². The second-order valence-corrected chi connectivity index (χ2v) is 7.77. The fourth-order valence-electron chi connectivity index (χ4n) is 3.11. The lowest BCUT2D eigenvalue weighted by Crippen LogP contribution is -2.40. The number of sulfonamides is 1. The second-order valence-electron chi connectivity index (χ2n) is 5.91. The molecule has 0 aliphatic carbocycles. The quantitative estimate of drug-likeness (QED) is 0.798. The Hall–Kier alpha value is -2.05. The third-order valence-corrected chi connectivity index (χ3v) is 6.36. The Labute approximate surface area is 141 Å². The highest BCUT2D eigenvalue weighted by molar-refractivity contribution is 7.89. The van der Waals surface area contributed by atoms with E-state index in [1.165, 1.54) is 16.4 Å². The Kier molecular flexibility index (Phi) is 4.51. The molecular formula is C18H18FNO3S. The molecule has 1 atom stereocenters. The average Bonchev–Trinajstić information content (AvgIpc) is 3.05. The molecule has 2 aromatic rings. The molecule has 0 bridgehead atoms. The van der Waals surface area contributed by atoms with Crippen LogP contribution in [-0.2, 0) is 10.0 Å². The minimum absolute atomic E-state index is 0.0525. The van der Waals surface area contributed by atoms with Crippen molar-refractivity contribution in [3.8, 4) is 0 Å². The molecule has 1 aliphatic rings. The Morgan fingerprint density at radius 1 is 1.17 bits per heavy atom. The molecular weight excluding hydrogens is 329 g/mol. The lowest BCUT2D eigenvalue weighted by Gasteiger charge is -2.24. The van der Waals surface area contributed by atoms with E-state index in [9.17, 15) is 17.6 Å². The van der Waals surface area contributed by atoms with Crippen molar-refractivity contribution in [3.63, 3.8) is 0 Å². The summed E-state index contributed by atoms with van der Waals surface area (Å²) in [5.74, 6) is -0.679. The topological polar surface area (TPSA) is 54.5 Å². The maximum absolute atomic E-state index is 13.3. The number of carbonyl (C=O) groups is 1. The van der Waals surface area contributed by atoms with Crippen LogP contribution < -0.4 is 0 Å². The predicted octanol–water partition coefficient (Wildman–Crippen LogP) is 3.17. The van der Waals surface area contributed by atoms with Gasteiger partial charge in [0.15, 0.2) is 5.78 Å². The smallest absolute Gasteiger partial charge is 0.244 e. The van der Waals surface area contributed by atoms with Gasteiger partial charge in [-0.2, -0.15) is 4.31 Å². The molecule has 1 saturated heterocycles. The summed E-state index contributed by atoms with van der Waals surface area (Å²) in [7, 11) is -3.84. The molecule has 1 aliphatic heterocycles. The third-order valence-electron chi connectivity index (χ3n) is 4.29. The maximum atomic E-state index is 13.3. The fraction of sp³-hybridized carbons (Fsp3) is 0.278. The molecule has 126 valence electrons. The van der Waals surface area contributed by atoms with Gasteiger partial charge < -0.3 is 0 Å². The third kappa shape index (κ3) is 2.99. The normalized spacial score (nSPS) is 18.7. The van der Waals surface area contributed by atoms with Gasteiger partial charge >= 0.3 is 0 Å². The average molecular weight is 347 g/mol. The van der Waals surface area contributed by atoms with Gasteiger partial charge in [-0.1, -0.05) is 30.3 Å². The molecule has 0 saturated carbocycles. The zero-order valence-electron chi connectivity index (χ0n) is 13.3. The van der Waals surface area contributed by atoms with Gasteiger partial charge in [0, 0.05) is 12.1 Å². The molecule has 0 N–H and O–H groups in total. The molecule has 24 heavy (non-hydrogen) atoms. The molecule has 6 heteroatoms. The highest BCUT2D eigenvalue weighted by Gasteiger charge is 2.40. The number of ketones is 1. The van der Waals surface area contributed by atoms with E-state index in [1.807, 2.05) is 6.07 Å². The summed E-state index contributed by atoms with van der Waals surface area (Å²) in [6.45, 7) is 1.85. The molecule has 1 fully saturated rings. The van der Waals surface area contributed by atoms with E-state index in [-0.39, 0.29) is 10.7 Å². The minimum atomic E-state index is -3.84. The molecule has 0 amide bonds. The van der Waals surface area contributed by atoms with Crippen LogP contribution in [0, 0.1) is 12.7 Å². The second kappa shape index (κ2) is 6.45. The highest BCUT2D eigenvalue weighted by Crippen LogP contribution is 2.29. The van der Waals surface area contributed by atoms with Crippen LogP contribution in [0.4, 0.5) is 4.39 Å². The van der Waals surface area contributed by atoms with Gasteiger partial charge in [-0.3, -0.25) is 4.79 Å². The number of benzene rings is 2. The Bertz CT molecular complexity index is 865. The summed E-state index contributed by atoms with van der Waals surface area (Å²) in [5, 5.41) is 0. The summed E-state index contributed by atoms with van der Waals surface area (Å²) < 4.78 is 40.5. The van der Waals surface area contributed by atoms with Crippen LogP contribution in [0.3, 0.4) is 0 Å². The molecule has 2 aromatic carbocycles. The lowest BCUT2D eigenvalue weighted by molar-refractivity contribution is 0.0918.